The molecule has 20 heavy (non-hydrogen) atoms. The Bertz CT molecular complexity index is 521. The third kappa shape index (κ3) is 3.96. The molecule has 5 nitrogen and oxygen atoms in total. The number of urea groups is 1. The predicted octanol–water partition coefficient (Wildman–Crippen LogP) is 2.51. The van der Waals surface area contributed by atoms with E-state index in [1.807, 2.05) is 0 Å². The third-order valence-corrected chi connectivity index (χ3v) is 3.48. The highest BCUT2D eigenvalue weighted by Gasteiger charge is 2.25. The van der Waals surface area contributed by atoms with Gasteiger partial charge in [0.05, 0.1) is 13.2 Å². The van der Waals surface area contributed by atoms with Crippen molar-refractivity contribution in [3.63, 3.8) is 0 Å². The number of benzene rings is 1. The van der Waals surface area contributed by atoms with E-state index in [1.54, 1.807) is 23.1 Å². The summed E-state index contributed by atoms with van der Waals surface area (Å²) < 4.78 is 5.38. The number of hydrogen-bond acceptors (Lipinski definition) is 3. The number of hydrogen-bond donors (Lipinski definition) is 2. The zero-order valence-electron chi connectivity index (χ0n) is 10.4. The maximum atomic E-state index is 12.1. The largest absolute Gasteiger partial charge is 0.391 e. The van der Waals surface area contributed by atoms with Crippen LogP contribution < -0.4 is 11.1 Å². The van der Waals surface area contributed by atoms with Crippen LogP contribution in [0.15, 0.2) is 18.2 Å². The number of thiocarbonyl (C=S) groups is 1. The number of anilines is 1. The lowest BCUT2D eigenvalue weighted by molar-refractivity contribution is 0.0251. The van der Waals surface area contributed by atoms with Crippen LogP contribution in [0.3, 0.4) is 0 Å². The van der Waals surface area contributed by atoms with Crippen molar-refractivity contribution in [1.29, 1.82) is 0 Å². The highest BCUT2D eigenvalue weighted by molar-refractivity contribution is 7.80. The Morgan fingerprint density at radius 2 is 2.05 bits per heavy atom. The third-order valence-electron chi connectivity index (χ3n) is 2.78. The molecule has 0 aliphatic carbocycles. The quantitative estimate of drug-likeness (QED) is 0.816. The van der Waals surface area contributed by atoms with E-state index < -0.39 is 6.10 Å². The second kappa shape index (κ2) is 6.58. The molecule has 1 aromatic rings. The van der Waals surface area contributed by atoms with Gasteiger partial charge in [0.25, 0.3) is 0 Å². The van der Waals surface area contributed by atoms with Crippen molar-refractivity contribution in [2.45, 2.75) is 6.10 Å². The number of nitrogens with zero attached hydrogens (tertiary/aromatic N) is 1. The van der Waals surface area contributed by atoms with Crippen LogP contribution in [0.4, 0.5) is 10.5 Å². The fourth-order valence-electron chi connectivity index (χ4n) is 1.83. The first-order valence-corrected chi connectivity index (χ1v) is 7.05. The molecule has 1 unspecified atom stereocenters. The van der Waals surface area contributed by atoms with Gasteiger partial charge in [0.15, 0.2) is 0 Å². The molecule has 1 aliphatic heterocycles. The summed E-state index contributed by atoms with van der Waals surface area (Å²) >= 11 is 16.6. The van der Waals surface area contributed by atoms with Crippen molar-refractivity contribution in [1.82, 2.24) is 4.90 Å². The average molecular weight is 334 g/mol. The van der Waals surface area contributed by atoms with Crippen molar-refractivity contribution in [2.75, 3.05) is 25.0 Å². The van der Waals surface area contributed by atoms with Crippen molar-refractivity contribution in [3.05, 3.63) is 28.2 Å². The molecular weight excluding hydrogens is 321 g/mol. The molecule has 1 aliphatic rings. The molecule has 2 amide bonds. The Hall–Kier alpha value is -1.08. The van der Waals surface area contributed by atoms with Crippen LogP contribution >= 0.6 is 35.4 Å². The van der Waals surface area contributed by atoms with Gasteiger partial charge in [-0.15, -0.1) is 0 Å². The first-order valence-electron chi connectivity index (χ1n) is 5.88. The van der Waals surface area contributed by atoms with E-state index in [2.05, 4.69) is 5.32 Å². The number of nitrogens with one attached hydrogen (secondary N) is 1. The Labute approximate surface area is 132 Å². The van der Waals surface area contributed by atoms with Crippen LogP contribution in [0.5, 0.6) is 0 Å². The lowest BCUT2D eigenvalue weighted by Crippen LogP contribution is -2.51. The van der Waals surface area contributed by atoms with E-state index in [4.69, 9.17) is 45.9 Å². The number of nitrogens with two attached hydrogens (primary N) is 1. The highest BCUT2D eigenvalue weighted by Crippen LogP contribution is 2.22. The van der Waals surface area contributed by atoms with Gasteiger partial charge in [0, 0.05) is 22.3 Å². The van der Waals surface area contributed by atoms with Gasteiger partial charge >= 0.3 is 6.03 Å². The maximum absolute atomic E-state index is 12.1. The Kier molecular flexibility index (Phi) is 5.04. The number of morpholine rings is 1. The minimum Gasteiger partial charge on any atom is -0.391 e. The van der Waals surface area contributed by atoms with Gasteiger partial charge in [-0.3, -0.25) is 0 Å². The van der Waals surface area contributed by atoms with Crippen LogP contribution in [-0.2, 0) is 4.74 Å². The van der Waals surface area contributed by atoms with E-state index in [-0.39, 0.29) is 11.0 Å². The first-order chi connectivity index (χ1) is 9.45. The second-order valence-electron chi connectivity index (χ2n) is 4.30. The summed E-state index contributed by atoms with van der Waals surface area (Å²) in [4.78, 5) is 14.0. The van der Waals surface area contributed by atoms with Crippen molar-refractivity contribution < 1.29 is 9.53 Å². The SMILES string of the molecule is NC(=S)C1CN(C(=O)Nc2cc(Cl)cc(Cl)c2)CCO1. The number of amides is 2. The van der Waals surface area contributed by atoms with Crippen molar-refractivity contribution >= 4 is 52.1 Å². The number of halogens is 2. The van der Waals surface area contributed by atoms with E-state index in [1.165, 1.54) is 0 Å². The fourth-order valence-corrected chi connectivity index (χ4v) is 2.50. The summed E-state index contributed by atoms with van der Waals surface area (Å²) in [6.07, 6.45) is -0.410. The molecule has 0 saturated carbocycles. The van der Waals surface area contributed by atoms with Crippen LogP contribution in [0, 0.1) is 0 Å². The molecule has 0 spiro atoms. The predicted molar refractivity (Wildman–Crippen MR) is 83.6 cm³/mol. The van der Waals surface area contributed by atoms with Crippen LogP contribution in [0.25, 0.3) is 0 Å². The molecule has 0 aromatic heterocycles. The Morgan fingerprint density at radius 1 is 1.40 bits per heavy atom. The number of carbonyl (C=O) groups is 1. The summed E-state index contributed by atoms with van der Waals surface area (Å²) in [6.45, 7) is 1.19. The van der Waals surface area contributed by atoms with Gasteiger partial charge in [-0.25, -0.2) is 4.79 Å². The number of rotatable bonds is 2. The molecule has 1 aromatic carbocycles. The van der Waals surface area contributed by atoms with E-state index in [9.17, 15) is 4.79 Å². The van der Waals surface area contributed by atoms with Crippen LogP contribution in [-0.4, -0.2) is 41.7 Å². The molecule has 1 atom stereocenters. The molecule has 8 heteroatoms. The van der Waals surface area contributed by atoms with E-state index in [0.717, 1.165) is 0 Å². The van der Waals surface area contributed by atoms with Gasteiger partial charge in [-0.2, -0.15) is 0 Å². The summed E-state index contributed by atoms with van der Waals surface area (Å²) in [6, 6.07) is 4.57. The minimum atomic E-state index is -0.410. The molecule has 1 heterocycles. The highest BCUT2D eigenvalue weighted by atomic mass is 35.5. The fraction of sp³-hybridized carbons (Fsp3) is 0.333. The molecule has 1 saturated heterocycles. The van der Waals surface area contributed by atoms with Crippen molar-refractivity contribution in [3.8, 4) is 0 Å². The Balaban J connectivity index is 2.02. The van der Waals surface area contributed by atoms with Crippen LogP contribution in [0.2, 0.25) is 10.0 Å². The summed E-state index contributed by atoms with van der Waals surface area (Å²) in [5.74, 6) is 0. The van der Waals surface area contributed by atoms with Gasteiger partial charge < -0.3 is 20.7 Å². The lowest BCUT2D eigenvalue weighted by atomic mass is 10.3. The minimum absolute atomic E-state index is 0.244. The monoisotopic (exact) mass is 333 g/mol. The normalized spacial score (nSPS) is 18.7. The molecule has 108 valence electrons. The molecule has 0 bridgehead atoms. The van der Waals surface area contributed by atoms with Gasteiger partial charge in [0.2, 0.25) is 0 Å². The summed E-state index contributed by atoms with van der Waals surface area (Å²) in [7, 11) is 0. The van der Waals surface area contributed by atoms with E-state index in [0.29, 0.717) is 35.4 Å². The summed E-state index contributed by atoms with van der Waals surface area (Å²) in [5.41, 5.74) is 6.07. The summed E-state index contributed by atoms with van der Waals surface area (Å²) in [5, 5.41) is 3.64. The zero-order chi connectivity index (χ0) is 14.7. The zero-order valence-corrected chi connectivity index (χ0v) is 12.8. The van der Waals surface area contributed by atoms with Crippen LogP contribution in [0.1, 0.15) is 0 Å². The topological polar surface area (TPSA) is 67.6 Å². The van der Waals surface area contributed by atoms with Gasteiger partial charge in [0.1, 0.15) is 11.1 Å². The number of carbonyl (C=O) groups excluding carboxylic acids is 1. The molecule has 1 fully saturated rings. The smallest absolute Gasteiger partial charge is 0.322 e. The average Bonchev–Trinajstić information content (AvgIpc) is 2.37. The van der Waals surface area contributed by atoms with Gasteiger partial charge in [-0.05, 0) is 18.2 Å². The molecular formula is C12H13Cl2N3O2S. The standard InChI is InChI=1S/C12H13Cl2N3O2S/c13-7-3-8(14)5-9(4-7)16-12(18)17-1-2-19-10(6-17)11(15)20/h3-5,10H,1-2,6H2,(H2,15,20)(H,16,18). The molecule has 0 radical (unpaired) electrons. The maximum Gasteiger partial charge on any atom is 0.322 e. The van der Waals surface area contributed by atoms with Crippen molar-refractivity contribution in [2.24, 2.45) is 5.73 Å². The first kappa shape index (κ1) is 15.3. The Morgan fingerprint density at radius 3 is 2.65 bits per heavy atom. The molecule has 2 rings (SSSR count). The number of ether oxygens (including phenoxy) is 1. The molecule has 3 N–H and O–H groups in total. The van der Waals surface area contributed by atoms with E-state index >= 15 is 0 Å². The second-order valence-corrected chi connectivity index (χ2v) is 5.64. The van der Waals surface area contributed by atoms with Gasteiger partial charge in [-0.1, -0.05) is 35.4 Å². The lowest BCUT2D eigenvalue weighted by Gasteiger charge is -2.32.